The van der Waals surface area contributed by atoms with Gasteiger partial charge in [0, 0.05) is 28.3 Å². The predicted octanol–water partition coefficient (Wildman–Crippen LogP) is 1.65. The molecule has 0 fully saturated rings. The molecule has 2 aliphatic rings. The quantitative estimate of drug-likeness (QED) is 0.730. The van der Waals surface area contributed by atoms with Gasteiger partial charge in [-0.1, -0.05) is 36.4 Å². The van der Waals surface area contributed by atoms with E-state index in [1.807, 2.05) is 6.08 Å². The first-order valence-corrected chi connectivity index (χ1v) is 5.55. The lowest BCUT2D eigenvalue weighted by molar-refractivity contribution is 0.0971. The summed E-state index contributed by atoms with van der Waals surface area (Å²) < 4.78 is 0. The number of Topliss-reactive ketones (excluding diaryl/α,β-unsaturated/α-hetero) is 2. The average Bonchev–Trinajstić information content (AvgIpc) is 2.36. The van der Waals surface area contributed by atoms with E-state index >= 15 is 0 Å². The molecule has 0 aliphatic heterocycles. The van der Waals surface area contributed by atoms with Crippen molar-refractivity contribution in [2.24, 2.45) is 5.73 Å². The van der Waals surface area contributed by atoms with Gasteiger partial charge in [0.25, 0.3) is 0 Å². The maximum absolute atomic E-state index is 12.3. The predicted molar refractivity (Wildman–Crippen MR) is 63.9 cm³/mol. The van der Waals surface area contributed by atoms with Gasteiger partial charge in [0.15, 0.2) is 11.6 Å². The minimum Gasteiger partial charge on any atom is -0.324 e. The second-order valence-electron chi connectivity index (χ2n) is 4.28. The lowest BCUT2D eigenvalue weighted by Crippen LogP contribution is -2.34. The number of nitrogens with two attached hydrogens (primary N) is 1. The minimum atomic E-state index is -0.361. The van der Waals surface area contributed by atoms with Crippen LogP contribution in [0.5, 0.6) is 0 Å². The summed E-state index contributed by atoms with van der Waals surface area (Å²) in [5.74, 6) is -0.200. The second kappa shape index (κ2) is 3.50. The normalized spacial score (nSPS) is 22.5. The number of carbonyl (C=O) groups excluding carboxylic acids is 2. The Morgan fingerprint density at radius 3 is 2.41 bits per heavy atom. The third-order valence-electron chi connectivity index (χ3n) is 3.24. The second-order valence-corrected chi connectivity index (χ2v) is 4.28. The zero-order valence-corrected chi connectivity index (χ0v) is 9.14. The Hall–Kier alpha value is -2.00. The van der Waals surface area contributed by atoms with Crippen LogP contribution in [0, 0.1) is 0 Å². The Morgan fingerprint density at radius 1 is 1.06 bits per heavy atom. The van der Waals surface area contributed by atoms with Crippen molar-refractivity contribution in [3.63, 3.8) is 0 Å². The Kier molecular flexibility index (Phi) is 2.09. The average molecular weight is 225 g/mol. The molecule has 1 aromatic rings. The van der Waals surface area contributed by atoms with Gasteiger partial charge in [0.05, 0.1) is 0 Å². The highest BCUT2D eigenvalue weighted by molar-refractivity contribution is 6.28. The van der Waals surface area contributed by atoms with Gasteiger partial charge in [-0.3, -0.25) is 9.59 Å². The van der Waals surface area contributed by atoms with E-state index in [1.165, 1.54) is 0 Å². The van der Waals surface area contributed by atoms with Gasteiger partial charge in [0.2, 0.25) is 0 Å². The van der Waals surface area contributed by atoms with E-state index in [0.29, 0.717) is 28.7 Å². The minimum absolute atomic E-state index is 0.0957. The molecule has 0 saturated carbocycles. The summed E-state index contributed by atoms with van der Waals surface area (Å²) in [5.41, 5.74) is 7.81. The molecule has 0 amide bonds. The van der Waals surface area contributed by atoms with Crippen molar-refractivity contribution in [2.75, 3.05) is 0 Å². The van der Waals surface area contributed by atoms with Gasteiger partial charge in [-0.25, -0.2) is 0 Å². The van der Waals surface area contributed by atoms with Crippen molar-refractivity contribution in [2.45, 2.75) is 12.5 Å². The molecular weight excluding hydrogens is 214 g/mol. The van der Waals surface area contributed by atoms with E-state index in [-0.39, 0.29) is 17.6 Å². The zero-order chi connectivity index (χ0) is 12.0. The summed E-state index contributed by atoms with van der Waals surface area (Å²) >= 11 is 0. The third kappa shape index (κ3) is 1.33. The van der Waals surface area contributed by atoms with Crippen LogP contribution in [0.3, 0.4) is 0 Å². The van der Waals surface area contributed by atoms with Crippen molar-refractivity contribution in [3.05, 3.63) is 58.7 Å². The summed E-state index contributed by atoms with van der Waals surface area (Å²) in [5, 5.41) is 0. The summed E-state index contributed by atoms with van der Waals surface area (Å²) in [4.78, 5) is 24.5. The topological polar surface area (TPSA) is 60.2 Å². The van der Waals surface area contributed by atoms with Crippen LogP contribution in [-0.2, 0) is 0 Å². The smallest absolute Gasteiger partial charge is 0.194 e. The fraction of sp³-hybridized carbons (Fsp3) is 0.143. The molecule has 84 valence electrons. The first kappa shape index (κ1) is 10.2. The maximum atomic E-state index is 12.3. The number of rotatable bonds is 0. The number of ketones is 2. The van der Waals surface area contributed by atoms with Gasteiger partial charge in [0.1, 0.15) is 0 Å². The zero-order valence-electron chi connectivity index (χ0n) is 9.14. The van der Waals surface area contributed by atoms with Crippen LogP contribution < -0.4 is 5.73 Å². The fourth-order valence-corrected chi connectivity index (χ4v) is 2.40. The van der Waals surface area contributed by atoms with Crippen LogP contribution in [-0.4, -0.2) is 17.6 Å². The van der Waals surface area contributed by atoms with Gasteiger partial charge >= 0.3 is 0 Å². The Labute approximate surface area is 98.6 Å². The number of benzene rings is 1. The molecule has 1 unspecified atom stereocenters. The van der Waals surface area contributed by atoms with Crippen molar-refractivity contribution < 1.29 is 9.59 Å². The standard InChI is InChI=1S/C14H11NO2/c15-11-7-3-6-10-12(11)14(17)9-5-2-1-4-8(9)13(10)16/h1-6,11H,7,15H2. The van der Waals surface area contributed by atoms with Crippen LogP contribution in [0.1, 0.15) is 27.1 Å². The molecule has 0 saturated heterocycles. The fourth-order valence-electron chi connectivity index (χ4n) is 2.40. The monoisotopic (exact) mass is 225 g/mol. The number of fused-ring (bicyclic) bond motifs is 1. The maximum Gasteiger partial charge on any atom is 0.194 e. The van der Waals surface area contributed by atoms with Crippen molar-refractivity contribution in [1.82, 2.24) is 0 Å². The van der Waals surface area contributed by atoms with E-state index in [2.05, 4.69) is 0 Å². The molecule has 0 aromatic heterocycles. The van der Waals surface area contributed by atoms with Crippen molar-refractivity contribution in [1.29, 1.82) is 0 Å². The van der Waals surface area contributed by atoms with Crippen molar-refractivity contribution in [3.8, 4) is 0 Å². The summed E-state index contributed by atoms with van der Waals surface area (Å²) in [6.07, 6.45) is 4.18. The molecule has 3 rings (SSSR count). The van der Waals surface area contributed by atoms with Crippen LogP contribution in [0.2, 0.25) is 0 Å². The number of hydrogen-bond acceptors (Lipinski definition) is 3. The summed E-state index contributed by atoms with van der Waals surface area (Å²) in [6.45, 7) is 0. The van der Waals surface area contributed by atoms with Crippen LogP contribution >= 0.6 is 0 Å². The molecule has 0 spiro atoms. The lowest BCUT2D eigenvalue weighted by atomic mass is 9.78. The molecular formula is C14H11NO2. The summed E-state index contributed by atoms with van der Waals surface area (Å²) in [6, 6.07) is 6.54. The van der Waals surface area contributed by atoms with E-state index in [0.717, 1.165) is 0 Å². The van der Waals surface area contributed by atoms with Gasteiger partial charge in [-0.05, 0) is 6.42 Å². The number of hydrogen-bond donors (Lipinski definition) is 1. The van der Waals surface area contributed by atoms with Crippen molar-refractivity contribution >= 4 is 11.6 Å². The first-order valence-electron chi connectivity index (χ1n) is 5.55. The Morgan fingerprint density at radius 2 is 1.71 bits per heavy atom. The highest BCUT2D eigenvalue weighted by Crippen LogP contribution is 2.31. The van der Waals surface area contributed by atoms with E-state index in [9.17, 15) is 9.59 Å². The largest absolute Gasteiger partial charge is 0.324 e. The van der Waals surface area contributed by atoms with E-state index in [4.69, 9.17) is 5.73 Å². The third-order valence-corrected chi connectivity index (χ3v) is 3.24. The number of allylic oxidation sites excluding steroid dienone is 2. The van der Waals surface area contributed by atoms with E-state index < -0.39 is 0 Å². The molecule has 0 radical (unpaired) electrons. The summed E-state index contributed by atoms with van der Waals surface area (Å²) in [7, 11) is 0. The molecule has 0 bridgehead atoms. The lowest BCUT2D eigenvalue weighted by Gasteiger charge is -2.25. The highest BCUT2D eigenvalue weighted by atomic mass is 16.1. The van der Waals surface area contributed by atoms with Crippen LogP contribution in [0.25, 0.3) is 0 Å². The molecule has 17 heavy (non-hydrogen) atoms. The highest BCUT2D eigenvalue weighted by Gasteiger charge is 2.34. The molecule has 1 aromatic carbocycles. The molecule has 2 N–H and O–H groups in total. The molecule has 3 nitrogen and oxygen atoms in total. The molecule has 0 heterocycles. The first-order chi connectivity index (χ1) is 8.20. The van der Waals surface area contributed by atoms with Gasteiger partial charge in [-0.2, -0.15) is 0 Å². The Bertz CT molecular complexity index is 596. The van der Waals surface area contributed by atoms with Crippen LogP contribution in [0.4, 0.5) is 0 Å². The molecule has 3 heteroatoms. The Balaban J connectivity index is 2.27. The van der Waals surface area contributed by atoms with Crippen LogP contribution in [0.15, 0.2) is 47.6 Å². The molecule has 2 aliphatic carbocycles. The van der Waals surface area contributed by atoms with Gasteiger partial charge < -0.3 is 5.73 Å². The SMILES string of the molecule is NC1CC=CC2=C1C(=O)c1ccccc1C2=O. The van der Waals surface area contributed by atoms with E-state index in [1.54, 1.807) is 30.3 Å². The van der Waals surface area contributed by atoms with Gasteiger partial charge in [-0.15, -0.1) is 0 Å². The number of carbonyl (C=O) groups is 2. The molecule has 1 atom stereocenters.